The van der Waals surface area contributed by atoms with Crippen molar-refractivity contribution < 1.29 is 0 Å². The summed E-state index contributed by atoms with van der Waals surface area (Å²) in [4.78, 5) is 4.73. The van der Waals surface area contributed by atoms with E-state index in [4.69, 9.17) is 23.2 Å². The third-order valence-electron chi connectivity index (χ3n) is 4.99. The smallest absolute Gasteiger partial charge is 0.0910 e. The van der Waals surface area contributed by atoms with E-state index < -0.39 is 0 Å². The highest BCUT2D eigenvalue weighted by atomic mass is 35.5. The van der Waals surface area contributed by atoms with Crippen LogP contribution in [0.5, 0.6) is 0 Å². The van der Waals surface area contributed by atoms with Crippen molar-refractivity contribution in [2.45, 2.75) is 6.04 Å². The summed E-state index contributed by atoms with van der Waals surface area (Å²) in [5.74, 6) is 0. The van der Waals surface area contributed by atoms with Crippen LogP contribution in [0, 0.1) is 0 Å². The number of halogens is 2. The maximum atomic E-state index is 6.09. The monoisotopic (exact) mass is 394 g/mol. The summed E-state index contributed by atoms with van der Waals surface area (Å²) in [5.41, 5.74) is 4.57. The molecule has 3 aromatic rings. The zero-order valence-corrected chi connectivity index (χ0v) is 16.4. The quantitative estimate of drug-likeness (QED) is 0.507. The molecule has 4 heteroatoms. The van der Waals surface area contributed by atoms with Crippen LogP contribution in [-0.2, 0) is 0 Å². The van der Waals surface area contributed by atoms with E-state index in [1.54, 1.807) is 0 Å². The number of anilines is 2. The Morgan fingerprint density at radius 3 is 1.93 bits per heavy atom. The van der Waals surface area contributed by atoms with Crippen molar-refractivity contribution in [2.75, 3.05) is 23.0 Å². The summed E-state index contributed by atoms with van der Waals surface area (Å²) in [6, 6.07) is 26.6. The molecule has 0 bridgehead atoms. The van der Waals surface area contributed by atoms with Gasteiger partial charge in [0.1, 0.15) is 0 Å². The van der Waals surface area contributed by atoms with Crippen molar-refractivity contribution in [3.05, 3.63) is 101 Å². The van der Waals surface area contributed by atoms with Crippen LogP contribution in [0.3, 0.4) is 0 Å². The van der Waals surface area contributed by atoms with Crippen LogP contribution in [0.2, 0.25) is 10.0 Å². The van der Waals surface area contributed by atoms with Crippen molar-refractivity contribution in [1.82, 2.24) is 0 Å². The summed E-state index contributed by atoms with van der Waals surface area (Å²) < 4.78 is 0. The predicted octanol–water partition coefficient (Wildman–Crippen LogP) is 6.36. The topological polar surface area (TPSA) is 6.48 Å². The van der Waals surface area contributed by atoms with E-state index in [2.05, 4.69) is 64.9 Å². The molecule has 1 heterocycles. The Balaban J connectivity index is 1.67. The lowest BCUT2D eigenvalue weighted by Gasteiger charge is -2.27. The normalized spacial score (nSPS) is 16.6. The van der Waals surface area contributed by atoms with Crippen LogP contribution in [0.1, 0.15) is 5.56 Å². The molecule has 0 radical (unpaired) electrons. The molecule has 0 aromatic heterocycles. The second-order valence-electron chi connectivity index (χ2n) is 6.69. The minimum Gasteiger partial charge on any atom is -0.351 e. The Morgan fingerprint density at radius 2 is 1.33 bits per heavy atom. The van der Waals surface area contributed by atoms with Crippen molar-refractivity contribution >= 4 is 40.1 Å². The molecule has 0 aliphatic carbocycles. The van der Waals surface area contributed by atoms with Gasteiger partial charge in [-0.2, -0.15) is 0 Å². The van der Waals surface area contributed by atoms with Gasteiger partial charge >= 0.3 is 0 Å². The van der Waals surface area contributed by atoms with Gasteiger partial charge in [-0.05, 0) is 59.7 Å². The summed E-state index contributed by atoms with van der Waals surface area (Å²) in [7, 11) is 0. The molecule has 0 saturated carbocycles. The number of benzene rings is 3. The van der Waals surface area contributed by atoms with Gasteiger partial charge in [0.15, 0.2) is 0 Å². The Labute approximate surface area is 170 Å². The van der Waals surface area contributed by atoms with Crippen LogP contribution in [0.25, 0.3) is 5.57 Å². The van der Waals surface area contributed by atoms with Gasteiger partial charge in [0.2, 0.25) is 0 Å². The molecule has 1 aliphatic rings. The molecular weight excluding hydrogens is 375 g/mol. The average Bonchev–Trinajstić information content (AvgIpc) is 3.14. The van der Waals surface area contributed by atoms with Crippen molar-refractivity contribution in [3.8, 4) is 0 Å². The first-order chi connectivity index (χ1) is 13.1. The van der Waals surface area contributed by atoms with Crippen molar-refractivity contribution in [3.63, 3.8) is 0 Å². The lowest BCUT2D eigenvalue weighted by molar-refractivity contribution is 0.869. The Kier molecular flexibility index (Phi) is 5.11. The molecular formula is C23H20Cl2N2. The summed E-state index contributed by atoms with van der Waals surface area (Å²) in [5, 5.41) is 1.49. The fourth-order valence-electron chi connectivity index (χ4n) is 3.52. The minimum absolute atomic E-state index is 0.171. The first kappa shape index (κ1) is 18.0. The molecule has 0 unspecified atom stereocenters. The SMILES string of the molecule is C=C(c1ccccc1)[C@H]1CN(c2ccc(Cl)cc2)CN1c1ccc(Cl)cc1. The van der Waals surface area contributed by atoms with E-state index in [0.29, 0.717) is 0 Å². The van der Waals surface area contributed by atoms with Gasteiger partial charge in [-0.3, -0.25) is 0 Å². The molecule has 0 N–H and O–H groups in total. The van der Waals surface area contributed by atoms with E-state index in [1.807, 2.05) is 30.3 Å². The second-order valence-corrected chi connectivity index (χ2v) is 7.57. The van der Waals surface area contributed by atoms with Gasteiger partial charge in [-0.25, -0.2) is 0 Å². The Bertz CT molecular complexity index is 921. The zero-order valence-electron chi connectivity index (χ0n) is 14.9. The molecule has 3 aromatic carbocycles. The molecule has 1 atom stereocenters. The molecule has 0 spiro atoms. The molecule has 1 aliphatic heterocycles. The molecule has 27 heavy (non-hydrogen) atoms. The van der Waals surface area contributed by atoms with Gasteiger partial charge < -0.3 is 9.80 Å². The number of hydrogen-bond acceptors (Lipinski definition) is 2. The number of rotatable bonds is 4. The highest BCUT2D eigenvalue weighted by Crippen LogP contribution is 2.34. The maximum absolute atomic E-state index is 6.09. The van der Waals surface area contributed by atoms with E-state index >= 15 is 0 Å². The molecule has 0 amide bonds. The Morgan fingerprint density at radius 1 is 0.778 bits per heavy atom. The first-order valence-electron chi connectivity index (χ1n) is 8.89. The van der Waals surface area contributed by atoms with Gasteiger partial charge in [0, 0.05) is 28.0 Å². The van der Waals surface area contributed by atoms with Crippen LogP contribution >= 0.6 is 23.2 Å². The van der Waals surface area contributed by atoms with E-state index in [-0.39, 0.29) is 6.04 Å². The number of hydrogen-bond donors (Lipinski definition) is 0. The van der Waals surface area contributed by atoms with Crippen LogP contribution in [0.15, 0.2) is 85.4 Å². The van der Waals surface area contributed by atoms with Crippen LogP contribution < -0.4 is 9.80 Å². The molecule has 1 saturated heterocycles. The van der Waals surface area contributed by atoms with Crippen LogP contribution in [0.4, 0.5) is 11.4 Å². The highest BCUT2D eigenvalue weighted by Gasteiger charge is 2.33. The molecule has 2 nitrogen and oxygen atoms in total. The number of nitrogens with zero attached hydrogens (tertiary/aromatic N) is 2. The zero-order chi connectivity index (χ0) is 18.8. The first-order valence-corrected chi connectivity index (χ1v) is 9.64. The average molecular weight is 395 g/mol. The fraction of sp³-hybridized carbons (Fsp3) is 0.130. The summed E-state index contributed by atoms with van der Waals surface area (Å²) in [6.45, 7) is 6.06. The van der Waals surface area contributed by atoms with E-state index in [1.165, 1.54) is 5.56 Å². The third kappa shape index (κ3) is 3.83. The van der Waals surface area contributed by atoms with E-state index in [9.17, 15) is 0 Å². The van der Waals surface area contributed by atoms with Gasteiger partial charge in [-0.1, -0.05) is 60.1 Å². The lowest BCUT2D eigenvalue weighted by atomic mass is 9.99. The minimum atomic E-state index is 0.171. The van der Waals surface area contributed by atoms with Gasteiger partial charge in [0.05, 0.1) is 12.7 Å². The molecule has 4 rings (SSSR count). The summed E-state index contributed by atoms with van der Waals surface area (Å²) >= 11 is 12.2. The van der Waals surface area contributed by atoms with E-state index in [0.717, 1.165) is 40.2 Å². The van der Waals surface area contributed by atoms with Gasteiger partial charge in [-0.15, -0.1) is 0 Å². The predicted molar refractivity (Wildman–Crippen MR) is 117 cm³/mol. The van der Waals surface area contributed by atoms with Crippen LogP contribution in [-0.4, -0.2) is 19.3 Å². The lowest BCUT2D eigenvalue weighted by Crippen LogP contribution is -2.31. The summed E-state index contributed by atoms with van der Waals surface area (Å²) in [6.07, 6.45) is 0. The second kappa shape index (κ2) is 7.67. The highest BCUT2D eigenvalue weighted by molar-refractivity contribution is 6.30. The van der Waals surface area contributed by atoms with Crippen molar-refractivity contribution in [2.24, 2.45) is 0 Å². The standard InChI is InChI=1S/C23H20Cl2N2/c1-17(18-5-3-2-4-6-18)23-15-26(21-11-7-19(24)8-12-21)16-27(23)22-13-9-20(25)10-14-22/h2-14,23H,1,15-16H2/t23-/m1/s1. The molecule has 1 fully saturated rings. The van der Waals surface area contributed by atoms with Crippen molar-refractivity contribution in [1.29, 1.82) is 0 Å². The largest absolute Gasteiger partial charge is 0.351 e. The third-order valence-corrected chi connectivity index (χ3v) is 5.49. The molecule has 136 valence electrons. The fourth-order valence-corrected chi connectivity index (χ4v) is 3.78. The Hall–Kier alpha value is -2.42. The maximum Gasteiger partial charge on any atom is 0.0910 e. The van der Waals surface area contributed by atoms with Gasteiger partial charge in [0.25, 0.3) is 0 Å².